The van der Waals surface area contributed by atoms with E-state index in [9.17, 15) is 0 Å². The number of pyridine rings is 1. The van der Waals surface area contributed by atoms with Crippen LogP contribution < -0.4 is 0 Å². The predicted octanol–water partition coefficient (Wildman–Crippen LogP) is 3.60. The Kier molecular flexibility index (Phi) is 2.32. The van der Waals surface area contributed by atoms with Gasteiger partial charge in [-0.05, 0) is 17.0 Å². The lowest BCUT2D eigenvalue weighted by Gasteiger charge is -2.05. The van der Waals surface area contributed by atoms with E-state index in [1.165, 1.54) is 5.39 Å². The van der Waals surface area contributed by atoms with Gasteiger partial charge in [-0.15, -0.1) is 11.3 Å². The van der Waals surface area contributed by atoms with E-state index in [0.29, 0.717) is 5.02 Å². The molecule has 16 heavy (non-hydrogen) atoms. The van der Waals surface area contributed by atoms with Gasteiger partial charge in [-0.25, -0.2) is 0 Å². The molecule has 3 rings (SSSR count). The van der Waals surface area contributed by atoms with Crippen LogP contribution in [0.3, 0.4) is 0 Å². The fraction of sp³-hybridized carbons (Fsp3) is 0.0833. The van der Waals surface area contributed by atoms with Crippen LogP contribution in [0.25, 0.3) is 21.0 Å². The summed E-state index contributed by atoms with van der Waals surface area (Å²) >= 11 is 7.85. The van der Waals surface area contributed by atoms with Crippen molar-refractivity contribution in [2.45, 2.75) is 6.61 Å². The van der Waals surface area contributed by atoms with Crippen LogP contribution in [0.5, 0.6) is 0 Å². The molecule has 2 nitrogen and oxygen atoms in total. The summed E-state index contributed by atoms with van der Waals surface area (Å²) in [4.78, 5) is 4.36. The molecule has 0 spiro atoms. The number of nitrogens with zero attached hydrogens (tertiary/aromatic N) is 1. The van der Waals surface area contributed by atoms with Crippen molar-refractivity contribution in [3.63, 3.8) is 0 Å². The average molecular weight is 250 g/mol. The minimum atomic E-state index is -0.0574. The van der Waals surface area contributed by atoms with Crippen LogP contribution >= 0.6 is 22.9 Å². The molecule has 4 heteroatoms. The van der Waals surface area contributed by atoms with E-state index >= 15 is 0 Å². The van der Waals surface area contributed by atoms with Crippen LogP contribution in [0.1, 0.15) is 5.56 Å². The van der Waals surface area contributed by atoms with Crippen LogP contribution in [-0.2, 0) is 6.61 Å². The molecule has 1 N–H and O–H groups in total. The molecule has 3 aromatic rings. The van der Waals surface area contributed by atoms with Crippen molar-refractivity contribution in [1.82, 2.24) is 4.98 Å². The Labute approximate surface area is 101 Å². The monoisotopic (exact) mass is 249 g/mol. The van der Waals surface area contributed by atoms with Crippen molar-refractivity contribution in [2.24, 2.45) is 0 Å². The highest BCUT2D eigenvalue weighted by atomic mass is 35.5. The molecule has 0 atom stereocenters. The lowest BCUT2D eigenvalue weighted by molar-refractivity contribution is 0.282. The molecule has 0 unspecified atom stereocenters. The molecule has 0 bridgehead atoms. The minimum Gasteiger partial charge on any atom is -0.392 e. The second-order valence-corrected chi connectivity index (χ2v) is 4.88. The molecule has 2 heterocycles. The summed E-state index contributed by atoms with van der Waals surface area (Å²) < 4.78 is 1.15. The summed E-state index contributed by atoms with van der Waals surface area (Å²) in [6.45, 7) is -0.0574. The van der Waals surface area contributed by atoms with Crippen LogP contribution in [-0.4, -0.2) is 10.1 Å². The quantitative estimate of drug-likeness (QED) is 0.715. The molecular formula is C12H8ClNOS. The van der Waals surface area contributed by atoms with Gasteiger partial charge in [0.05, 0.1) is 21.8 Å². The molecule has 80 valence electrons. The highest BCUT2D eigenvalue weighted by Gasteiger charge is 2.09. The van der Waals surface area contributed by atoms with Crippen molar-refractivity contribution in [3.05, 3.63) is 40.4 Å². The van der Waals surface area contributed by atoms with Gasteiger partial charge in [-0.3, -0.25) is 4.98 Å². The summed E-state index contributed by atoms with van der Waals surface area (Å²) in [5.41, 5.74) is 1.48. The van der Waals surface area contributed by atoms with Gasteiger partial charge in [0.2, 0.25) is 0 Å². The second-order valence-electron chi connectivity index (χ2n) is 3.55. The lowest BCUT2D eigenvalue weighted by Crippen LogP contribution is -1.88. The predicted molar refractivity (Wildman–Crippen MR) is 68.1 cm³/mol. The first kappa shape index (κ1) is 10.0. The maximum atomic E-state index is 9.14. The Morgan fingerprint density at radius 2 is 2.12 bits per heavy atom. The fourth-order valence-electron chi connectivity index (χ4n) is 1.84. The Morgan fingerprint density at radius 1 is 1.25 bits per heavy atom. The van der Waals surface area contributed by atoms with Crippen molar-refractivity contribution >= 4 is 43.9 Å². The zero-order chi connectivity index (χ0) is 11.1. The van der Waals surface area contributed by atoms with E-state index in [1.54, 1.807) is 11.3 Å². The first-order chi connectivity index (χ1) is 7.81. The van der Waals surface area contributed by atoms with Gasteiger partial charge in [0.25, 0.3) is 0 Å². The second kappa shape index (κ2) is 3.70. The number of hydrogen-bond acceptors (Lipinski definition) is 3. The highest BCUT2D eigenvalue weighted by Crippen LogP contribution is 2.32. The number of aliphatic hydroxyl groups is 1. The van der Waals surface area contributed by atoms with E-state index in [4.69, 9.17) is 16.7 Å². The number of fused-ring (bicyclic) bond motifs is 3. The first-order valence-corrected chi connectivity index (χ1v) is 6.11. The van der Waals surface area contributed by atoms with Gasteiger partial charge in [0.15, 0.2) is 0 Å². The molecule has 0 saturated heterocycles. The Hall–Kier alpha value is -1.16. The molecule has 0 radical (unpaired) electrons. The third-order valence-corrected chi connectivity index (χ3v) is 3.94. The van der Waals surface area contributed by atoms with Gasteiger partial charge in [0.1, 0.15) is 0 Å². The van der Waals surface area contributed by atoms with Crippen molar-refractivity contribution < 1.29 is 5.11 Å². The standard InChI is InChI=1S/C12H8ClNOS/c13-11-7(6-15)1-2-9-8-3-4-16-10(8)5-14-12(9)11/h1-5,15H,6H2. The van der Waals surface area contributed by atoms with Crippen molar-refractivity contribution in [3.8, 4) is 0 Å². The topological polar surface area (TPSA) is 33.1 Å². The summed E-state index contributed by atoms with van der Waals surface area (Å²) in [5.74, 6) is 0. The molecular weight excluding hydrogens is 242 g/mol. The Balaban J connectivity index is 2.49. The molecule has 0 saturated carbocycles. The first-order valence-electron chi connectivity index (χ1n) is 4.85. The summed E-state index contributed by atoms with van der Waals surface area (Å²) in [6.07, 6.45) is 1.83. The third kappa shape index (κ3) is 1.33. The lowest BCUT2D eigenvalue weighted by atomic mass is 10.1. The molecule has 0 aliphatic rings. The molecule has 0 aliphatic heterocycles. The van der Waals surface area contributed by atoms with Gasteiger partial charge in [-0.1, -0.05) is 23.7 Å². The van der Waals surface area contributed by atoms with Crippen molar-refractivity contribution in [2.75, 3.05) is 0 Å². The van der Waals surface area contributed by atoms with Gasteiger partial charge in [-0.2, -0.15) is 0 Å². The molecule has 0 amide bonds. The zero-order valence-corrected chi connectivity index (χ0v) is 9.85. The average Bonchev–Trinajstić information content (AvgIpc) is 2.77. The van der Waals surface area contributed by atoms with Crippen LogP contribution in [0.2, 0.25) is 5.02 Å². The number of halogens is 1. The fourth-order valence-corrected chi connectivity index (χ4v) is 2.88. The van der Waals surface area contributed by atoms with E-state index in [-0.39, 0.29) is 6.61 Å². The molecule has 1 aromatic carbocycles. The Bertz CT molecular complexity index is 677. The van der Waals surface area contributed by atoms with Crippen LogP contribution in [0.15, 0.2) is 29.8 Å². The maximum absolute atomic E-state index is 9.14. The van der Waals surface area contributed by atoms with Gasteiger partial charge < -0.3 is 5.11 Å². The Morgan fingerprint density at radius 3 is 2.94 bits per heavy atom. The van der Waals surface area contributed by atoms with E-state index < -0.39 is 0 Å². The molecule has 0 fully saturated rings. The smallest absolute Gasteiger partial charge is 0.0898 e. The minimum absolute atomic E-state index is 0.0574. The van der Waals surface area contributed by atoms with E-state index in [0.717, 1.165) is 21.2 Å². The van der Waals surface area contributed by atoms with Gasteiger partial charge in [0, 0.05) is 17.0 Å². The zero-order valence-electron chi connectivity index (χ0n) is 8.27. The molecule has 0 aliphatic carbocycles. The van der Waals surface area contributed by atoms with E-state index in [1.807, 2.05) is 23.7 Å². The molecule has 2 aromatic heterocycles. The van der Waals surface area contributed by atoms with Gasteiger partial charge >= 0.3 is 0 Å². The van der Waals surface area contributed by atoms with Crippen LogP contribution in [0.4, 0.5) is 0 Å². The third-order valence-electron chi connectivity index (χ3n) is 2.66. The number of benzene rings is 1. The number of aromatic nitrogens is 1. The number of aliphatic hydroxyl groups excluding tert-OH is 1. The largest absolute Gasteiger partial charge is 0.392 e. The number of rotatable bonds is 1. The van der Waals surface area contributed by atoms with E-state index in [2.05, 4.69) is 11.1 Å². The summed E-state index contributed by atoms with van der Waals surface area (Å²) in [5, 5.41) is 13.9. The van der Waals surface area contributed by atoms with Crippen molar-refractivity contribution in [1.29, 1.82) is 0 Å². The highest BCUT2D eigenvalue weighted by molar-refractivity contribution is 7.17. The normalized spacial score (nSPS) is 11.4. The van der Waals surface area contributed by atoms with Crippen LogP contribution in [0, 0.1) is 0 Å². The number of hydrogen-bond donors (Lipinski definition) is 1. The summed E-state index contributed by atoms with van der Waals surface area (Å²) in [7, 11) is 0. The SMILES string of the molecule is OCc1ccc2c(ncc3sccc32)c1Cl. The maximum Gasteiger partial charge on any atom is 0.0898 e. The number of thiophene rings is 1. The summed E-state index contributed by atoms with van der Waals surface area (Å²) in [6, 6.07) is 5.89.